The molecule has 12 nitrogen and oxygen atoms in total. The van der Waals surface area contributed by atoms with Crippen molar-refractivity contribution in [3.8, 4) is 0 Å². The topological polar surface area (TPSA) is 162 Å². The normalized spacial score (nSPS) is 10.8. The van der Waals surface area contributed by atoms with Crippen molar-refractivity contribution in [2.24, 2.45) is 0 Å². The van der Waals surface area contributed by atoms with Crippen LogP contribution in [0.15, 0.2) is 82.3 Å². The van der Waals surface area contributed by atoms with Crippen molar-refractivity contribution in [1.82, 2.24) is 19.9 Å². The maximum absolute atomic E-state index is 10.9. The van der Waals surface area contributed by atoms with Crippen LogP contribution in [0.4, 0.5) is 34.6 Å². The predicted octanol–water partition coefficient (Wildman–Crippen LogP) is 5.94. The fourth-order valence-electron chi connectivity index (χ4n) is 3.08. The minimum Gasteiger partial charge on any atom is -0.324 e. The van der Waals surface area contributed by atoms with Crippen LogP contribution in [0.25, 0.3) is 10.2 Å². The molecule has 0 radical (unpaired) electrons. The van der Waals surface area contributed by atoms with Crippen LogP contribution in [0.1, 0.15) is 0 Å². The third-order valence-corrected chi connectivity index (χ3v) is 6.70. The average Bonchev–Trinajstić information content (AvgIpc) is 3.27. The number of nitrogens with zero attached hydrogens (tertiary/aromatic N) is 6. The average molecular weight is 519 g/mol. The van der Waals surface area contributed by atoms with E-state index in [-0.39, 0.29) is 23.3 Å². The van der Waals surface area contributed by atoms with Gasteiger partial charge in [0, 0.05) is 35.6 Å². The summed E-state index contributed by atoms with van der Waals surface area (Å²) in [6.07, 6.45) is 0. The first-order chi connectivity index (χ1) is 17.4. The van der Waals surface area contributed by atoms with Crippen molar-refractivity contribution in [2.45, 2.75) is 9.50 Å². The van der Waals surface area contributed by atoms with Gasteiger partial charge in [-0.3, -0.25) is 20.2 Å². The van der Waals surface area contributed by atoms with Gasteiger partial charge < -0.3 is 10.6 Å². The van der Waals surface area contributed by atoms with E-state index in [0.29, 0.717) is 16.5 Å². The Bertz CT molecular complexity index is 1470. The molecule has 5 aromatic rings. The highest BCUT2D eigenvalue weighted by molar-refractivity contribution is 8.01. The maximum atomic E-state index is 10.9. The first-order valence-corrected chi connectivity index (χ1v) is 11.9. The fourth-order valence-corrected chi connectivity index (χ4v) is 5.00. The summed E-state index contributed by atoms with van der Waals surface area (Å²) >= 11 is 2.77. The Hall–Kier alpha value is -4.69. The summed E-state index contributed by atoms with van der Waals surface area (Å²) in [7, 11) is 0. The molecule has 0 bridgehead atoms. The van der Waals surface area contributed by atoms with Crippen molar-refractivity contribution < 1.29 is 9.85 Å². The Morgan fingerprint density at radius 3 is 1.72 bits per heavy atom. The number of fused-ring (bicyclic) bond motifs is 1. The summed E-state index contributed by atoms with van der Waals surface area (Å²) in [5.41, 5.74) is 1.88. The number of nitro benzene ring substituents is 2. The van der Waals surface area contributed by atoms with E-state index in [0.717, 1.165) is 14.6 Å². The molecule has 0 aliphatic rings. The zero-order valence-corrected chi connectivity index (χ0v) is 19.7. The van der Waals surface area contributed by atoms with Crippen molar-refractivity contribution in [3.05, 3.63) is 93.0 Å². The molecule has 0 spiro atoms. The quantitative estimate of drug-likeness (QED) is 0.185. The predicted molar refractivity (Wildman–Crippen MR) is 136 cm³/mol. The van der Waals surface area contributed by atoms with Crippen molar-refractivity contribution in [3.63, 3.8) is 0 Å². The third kappa shape index (κ3) is 5.34. The van der Waals surface area contributed by atoms with Crippen LogP contribution in [0.5, 0.6) is 0 Å². The lowest BCUT2D eigenvalue weighted by atomic mass is 10.3. The number of aromatic nitrogens is 4. The number of nitrogens with one attached hydrogen (secondary N) is 2. The van der Waals surface area contributed by atoms with Gasteiger partial charge in [0.15, 0.2) is 4.34 Å². The van der Waals surface area contributed by atoms with Gasteiger partial charge in [0.1, 0.15) is 0 Å². The number of para-hydroxylation sites is 1. The lowest BCUT2D eigenvalue weighted by Gasteiger charge is -2.10. The van der Waals surface area contributed by atoms with E-state index in [1.54, 1.807) is 24.3 Å². The number of nitro groups is 2. The van der Waals surface area contributed by atoms with E-state index < -0.39 is 9.85 Å². The minimum absolute atomic E-state index is 0.0381. The molecule has 14 heteroatoms. The van der Waals surface area contributed by atoms with Crippen molar-refractivity contribution >= 4 is 68.0 Å². The molecule has 178 valence electrons. The largest absolute Gasteiger partial charge is 0.324 e. The van der Waals surface area contributed by atoms with E-state index in [2.05, 4.69) is 30.6 Å². The summed E-state index contributed by atoms with van der Waals surface area (Å²) in [5.74, 6) is 0.402. The highest BCUT2D eigenvalue weighted by Crippen LogP contribution is 2.34. The Morgan fingerprint density at radius 1 is 0.694 bits per heavy atom. The van der Waals surface area contributed by atoms with E-state index in [1.165, 1.54) is 47.4 Å². The summed E-state index contributed by atoms with van der Waals surface area (Å²) in [4.78, 5) is 38.8. The van der Waals surface area contributed by atoms with Crippen LogP contribution in [0, 0.1) is 20.2 Å². The van der Waals surface area contributed by atoms with E-state index >= 15 is 0 Å². The second-order valence-corrected chi connectivity index (χ2v) is 9.42. The number of benzene rings is 3. The standard InChI is InChI=1S/C22H14N8O4S2/c31-29(32)15-9-5-13(6-10-15)23-19-26-20(24-14-7-11-16(12-8-14)30(33)34)28-21(27-19)36-22-25-17-3-1-2-4-18(17)35-22/h1-12H,(H2,23,24,26,27,28). The lowest BCUT2D eigenvalue weighted by Crippen LogP contribution is -2.05. The molecule has 2 heterocycles. The maximum Gasteiger partial charge on any atom is 0.269 e. The number of hydrogen-bond acceptors (Lipinski definition) is 12. The molecular weight excluding hydrogens is 504 g/mol. The number of thiazole rings is 1. The smallest absolute Gasteiger partial charge is 0.269 e. The Kier molecular flexibility index (Phi) is 6.34. The number of rotatable bonds is 8. The molecule has 0 atom stereocenters. The molecular formula is C22H14N8O4S2. The van der Waals surface area contributed by atoms with Gasteiger partial charge in [-0.1, -0.05) is 12.1 Å². The number of anilines is 4. The van der Waals surface area contributed by atoms with Crippen LogP contribution in [-0.4, -0.2) is 29.8 Å². The lowest BCUT2D eigenvalue weighted by molar-refractivity contribution is -0.385. The first-order valence-electron chi connectivity index (χ1n) is 10.3. The van der Waals surface area contributed by atoms with Gasteiger partial charge in [-0.15, -0.1) is 11.3 Å². The van der Waals surface area contributed by atoms with Gasteiger partial charge in [0.2, 0.25) is 17.1 Å². The van der Waals surface area contributed by atoms with Crippen LogP contribution >= 0.6 is 23.1 Å². The Morgan fingerprint density at radius 2 is 1.22 bits per heavy atom. The molecule has 0 saturated heterocycles. The van der Waals surface area contributed by atoms with Crippen LogP contribution in [0.3, 0.4) is 0 Å². The molecule has 2 aromatic heterocycles. The molecule has 0 amide bonds. The molecule has 0 aliphatic carbocycles. The summed E-state index contributed by atoms with van der Waals surface area (Å²) in [6.45, 7) is 0. The molecule has 0 aliphatic heterocycles. The van der Waals surface area contributed by atoms with Gasteiger partial charge in [0.05, 0.1) is 20.1 Å². The SMILES string of the molecule is O=[N+]([O-])c1ccc(Nc2nc(Nc3ccc([N+](=O)[O-])cc3)nc(Sc3nc4ccccc4s3)n2)cc1. The monoisotopic (exact) mass is 518 g/mol. The highest BCUT2D eigenvalue weighted by atomic mass is 32.2. The summed E-state index contributed by atoms with van der Waals surface area (Å²) in [5, 5.41) is 28.3. The van der Waals surface area contributed by atoms with Crippen LogP contribution in [0.2, 0.25) is 0 Å². The van der Waals surface area contributed by atoms with Gasteiger partial charge in [-0.25, -0.2) is 4.98 Å². The zero-order chi connectivity index (χ0) is 25.1. The fraction of sp³-hybridized carbons (Fsp3) is 0. The molecule has 5 rings (SSSR count). The molecule has 3 aromatic carbocycles. The summed E-state index contributed by atoms with van der Waals surface area (Å²) < 4.78 is 1.77. The zero-order valence-electron chi connectivity index (χ0n) is 18.1. The van der Waals surface area contributed by atoms with E-state index in [1.807, 2.05) is 24.3 Å². The molecule has 0 fully saturated rings. The summed E-state index contributed by atoms with van der Waals surface area (Å²) in [6, 6.07) is 19.4. The molecule has 2 N–H and O–H groups in total. The van der Waals surface area contributed by atoms with Crippen LogP contribution in [-0.2, 0) is 0 Å². The van der Waals surface area contributed by atoms with Gasteiger partial charge in [-0.2, -0.15) is 15.0 Å². The third-order valence-electron chi connectivity index (χ3n) is 4.74. The second kappa shape index (κ2) is 9.89. The first kappa shape index (κ1) is 23.1. The molecule has 36 heavy (non-hydrogen) atoms. The van der Waals surface area contributed by atoms with Gasteiger partial charge >= 0.3 is 0 Å². The number of hydrogen-bond donors (Lipinski definition) is 2. The highest BCUT2D eigenvalue weighted by Gasteiger charge is 2.13. The second-order valence-electron chi connectivity index (χ2n) is 7.17. The Balaban J connectivity index is 1.45. The van der Waals surface area contributed by atoms with Crippen molar-refractivity contribution in [1.29, 1.82) is 0 Å². The Labute approximate surface area is 210 Å². The molecule has 0 saturated carbocycles. The molecule has 0 unspecified atom stereocenters. The van der Waals surface area contributed by atoms with Gasteiger partial charge in [-0.05, 0) is 48.2 Å². The number of non-ortho nitro benzene ring substituents is 2. The van der Waals surface area contributed by atoms with E-state index in [9.17, 15) is 20.2 Å². The van der Waals surface area contributed by atoms with E-state index in [4.69, 9.17) is 0 Å². The van der Waals surface area contributed by atoms with Gasteiger partial charge in [0.25, 0.3) is 11.4 Å². The minimum atomic E-state index is -0.480. The van der Waals surface area contributed by atoms with Crippen LogP contribution < -0.4 is 10.6 Å². The van der Waals surface area contributed by atoms with Crippen molar-refractivity contribution in [2.75, 3.05) is 10.6 Å².